The number of aromatic nitrogens is 1. The highest BCUT2D eigenvalue weighted by Crippen LogP contribution is 2.41. The summed E-state index contributed by atoms with van der Waals surface area (Å²) in [6.45, 7) is 3.54. The van der Waals surface area contributed by atoms with Crippen molar-refractivity contribution >= 4 is 56.2 Å². The van der Waals surface area contributed by atoms with Crippen molar-refractivity contribution in [3.63, 3.8) is 0 Å². The van der Waals surface area contributed by atoms with E-state index in [1.165, 1.54) is 18.3 Å². The molecule has 0 spiro atoms. The van der Waals surface area contributed by atoms with Crippen LogP contribution in [0.15, 0.2) is 78.9 Å². The lowest BCUT2D eigenvalue weighted by Gasteiger charge is -2.09. The molecule has 0 aliphatic carbocycles. The normalized spacial score (nSPS) is 11.0. The third kappa shape index (κ3) is 4.61. The van der Waals surface area contributed by atoms with E-state index >= 15 is 0 Å². The third-order valence-corrected chi connectivity index (χ3v) is 7.31. The zero-order valence-electron chi connectivity index (χ0n) is 19.6. The molecule has 5 aromatic rings. The lowest BCUT2D eigenvalue weighted by atomic mass is 9.99. The van der Waals surface area contributed by atoms with E-state index in [0.717, 1.165) is 33.3 Å². The number of halogens is 1. The summed E-state index contributed by atoms with van der Waals surface area (Å²) in [5, 5.41) is 4.25. The number of carbonyl (C=O) groups excluding carboxylic acids is 2. The van der Waals surface area contributed by atoms with Gasteiger partial charge >= 0.3 is 0 Å². The number of fused-ring (bicyclic) bond motifs is 1. The average Bonchev–Trinajstić information content (AvgIpc) is 3.21. The maximum atomic E-state index is 13.2. The van der Waals surface area contributed by atoms with Crippen molar-refractivity contribution in [1.82, 2.24) is 4.98 Å². The SMILES string of the molecule is CC(=O)c1ccc(NC(=O)c2sc3nc(-c4ccc(C)cc4)cc(-c4ccc(Cl)cc4)c3c2N)cc1. The van der Waals surface area contributed by atoms with E-state index < -0.39 is 0 Å². The molecule has 3 N–H and O–H groups in total. The Morgan fingerprint density at radius 3 is 2.19 bits per heavy atom. The molecule has 1 amide bonds. The molecule has 2 heterocycles. The summed E-state index contributed by atoms with van der Waals surface area (Å²) in [5.74, 6) is -0.364. The Bertz CT molecular complexity index is 1610. The first-order chi connectivity index (χ1) is 17.3. The van der Waals surface area contributed by atoms with E-state index in [1.54, 1.807) is 24.3 Å². The second kappa shape index (κ2) is 9.57. The molecule has 0 fully saturated rings. The van der Waals surface area contributed by atoms with E-state index in [4.69, 9.17) is 22.3 Å². The van der Waals surface area contributed by atoms with Crippen molar-refractivity contribution in [3.05, 3.63) is 99.9 Å². The van der Waals surface area contributed by atoms with Gasteiger partial charge in [0.2, 0.25) is 0 Å². The van der Waals surface area contributed by atoms with Gasteiger partial charge in [0.25, 0.3) is 5.91 Å². The molecule has 5 nitrogen and oxygen atoms in total. The molecular formula is C29H22ClN3O2S. The Labute approximate surface area is 217 Å². The van der Waals surface area contributed by atoms with Gasteiger partial charge < -0.3 is 11.1 Å². The molecule has 0 bridgehead atoms. The first-order valence-electron chi connectivity index (χ1n) is 11.3. The summed E-state index contributed by atoms with van der Waals surface area (Å²) >= 11 is 7.39. The average molecular weight is 512 g/mol. The maximum Gasteiger partial charge on any atom is 0.267 e. The number of nitrogen functional groups attached to an aromatic ring is 1. The van der Waals surface area contributed by atoms with Gasteiger partial charge in [-0.3, -0.25) is 9.59 Å². The number of pyridine rings is 1. The van der Waals surface area contributed by atoms with Gasteiger partial charge in [0, 0.05) is 27.2 Å². The fraction of sp³-hybridized carbons (Fsp3) is 0.0690. The van der Waals surface area contributed by atoms with Gasteiger partial charge in [0.1, 0.15) is 9.71 Å². The molecular weight excluding hydrogens is 490 g/mol. The lowest BCUT2D eigenvalue weighted by molar-refractivity contribution is 0.101. The van der Waals surface area contributed by atoms with Gasteiger partial charge in [0.15, 0.2) is 5.78 Å². The van der Waals surface area contributed by atoms with Crippen LogP contribution in [0, 0.1) is 6.92 Å². The number of nitrogens with two attached hydrogens (primary N) is 1. The van der Waals surface area contributed by atoms with Gasteiger partial charge in [-0.15, -0.1) is 11.3 Å². The molecule has 5 rings (SSSR count). The highest BCUT2D eigenvalue weighted by atomic mass is 35.5. The van der Waals surface area contributed by atoms with Crippen molar-refractivity contribution in [2.24, 2.45) is 0 Å². The third-order valence-electron chi connectivity index (χ3n) is 5.96. The number of nitrogens with one attached hydrogen (secondary N) is 1. The summed E-state index contributed by atoms with van der Waals surface area (Å²) in [5.41, 5.74) is 12.8. The summed E-state index contributed by atoms with van der Waals surface area (Å²) in [6, 6.07) is 24.4. The molecule has 3 aromatic carbocycles. The minimum Gasteiger partial charge on any atom is -0.397 e. The number of hydrogen-bond donors (Lipinski definition) is 2. The van der Waals surface area contributed by atoms with Gasteiger partial charge in [-0.1, -0.05) is 53.6 Å². The molecule has 178 valence electrons. The molecule has 0 aliphatic heterocycles. The highest BCUT2D eigenvalue weighted by Gasteiger charge is 2.22. The van der Waals surface area contributed by atoms with Gasteiger partial charge in [-0.25, -0.2) is 4.98 Å². The Hall–Kier alpha value is -4.00. The fourth-order valence-electron chi connectivity index (χ4n) is 4.00. The Kier molecular flexibility index (Phi) is 6.31. The van der Waals surface area contributed by atoms with Crippen LogP contribution in [0.1, 0.15) is 32.5 Å². The minimum atomic E-state index is -0.329. The van der Waals surface area contributed by atoms with Crippen LogP contribution in [-0.4, -0.2) is 16.7 Å². The summed E-state index contributed by atoms with van der Waals surface area (Å²) in [6.07, 6.45) is 0. The van der Waals surface area contributed by atoms with Crippen molar-refractivity contribution < 1.29 is 9.59 Å². The largest absolute Gasteiger partial charge is 0.397 e. The van der Waals surface area contributed by atoms with Crippen LogP contribution in [0.3, 0.4) is 0 Å². The fourth-order valence-corrected chi connectivity index (χ4v) is 5.14. The molecule has 0 radical (unpaired) electrons. The first kappa shape index (κ1) is 23.7. The smallest absolute Gasteiger partial charge is 0.267 e. The van der Waals surface area contributed by atoms with E-state index in [1.807, 2.05) is 61.5 Å². The van der Waals surface area contributed by atoms with E-state index in [-0.39, 0.29) is 11.7 Å². The standard InChI is InChI=1S/C29H22ClN3O2S/c1-16-3-5-20(6-4-16)24-15-23(19-7-11-21(30)12-8-19)25-26(31)27(36-29(25)33-24)28(35)32-22-13-9-18(10-14-22)17(2)34/h3-15H,31H2,1-2H3,(H,32,35). The molecule has 0 saturated heterocycles. The molecule has 0 unspecified atom stereocenters. The van der Waals surface area contributed by atoms with Crippen molar-refractivity contribution in [2.45, 2.75) is 13.8 Å². The predicted octanol–water partition coefficient (Wildman–Crippen LogP) is 7.63. The highest BCUT2D eigenvalue weighted by molar-refractivity contribution is 7.21. The van der Waals surface area contributed by atoms with Crippen LogP contribution >= 0.6 is 22.9 Å². The van der Waals surface area contributed by atoms with Crippen LogP contribution in [0.25, 0.3) is 32.6 Å². The number of ketones is 1. The second-order valence-electron chi connectivity index (χ2n) is 8.54. The topological polar surface area (TPSA) is 85.1 Å². The van der Waals surface area contributed by atoms with Gasteiger partial charge in [0.05, 0.1) is 11.4 Å². The monoisotopic (exact) mass is 511 g/mol. The predicted molar refractivity (Wildman–Crippen MR) is 149 cm³/mol. The van der Waals surface area contributed by atoms with Crippen LogP contribution in [0.5, 0.6) is 0 Å². The van der Waals surface area contributed by atoms with Crippen LogP contribution in [0.4, 0.5) is 11.4 Å². The maximum absolute atomic E-state index is 13.2. The molecule has 7 heteroatoms. The first-order valence-corrected chi connectivity index (χ1v) is 12.5. The number of amides is 1. The van der Waals surface area contributed by atoms with E-state index in [9.17, 15) is 9.59 Å². The zero-order chi connectivity index (χ0) is 25.4. The molecule has 0 atom stereocenters. The number of benzene rings is 3. The lowest BCUT2D eigenvalue weighted by Crippen LogP contribution is -2.12. The number of thiophene rings is 1. The second-order valence-corrected chi connectivity index (χ2v) is 9.98. The number of anilines is 2. The quantitative estimate of drug-likeness (QED) is 0.237. The molecule has 2 aromatic heterocycles. The van der Waals surface area contributed by atoms with Crippen LogP contribution in [-0.2, 0) is 0 Å². The number of hydrogen-bond acceptors (Lipinski definition) is 5. The summed E-state index contributed by atoms with van der Waals surface area (Å²) < 4.78 is 0. The number of carbonyl (C=O) groups is 2. The van der Waals surface area contributed by atoms with Crippen molar-refractivity contribution in [1.29, 1.82) is 0 Å². The van der Waals surface area contributed by atoms with Gasteiger partial charge in [-0.2, -0.15) is 0 Å². The van der Waals surface area contributed by atoms with Crippen LogP contribution < -0.4 is 11.1 Å². The number of Topliss-reactive ketones (excluding diaryl/α,β-unsaturated/α-hetero) is 1. The Morgan fingerprint density at radius 1 is 0.917 bits per heavy atom. The summed E-state index contributed by atoms with van der Waals surface area (Å²) in [4.78, 5) is 30.7. The molecule has 0 saturated carbocycles. The Balaban J connectivity index is 1.61. The summed E-state index contributed by atoms with van der Waals surface area (Å²) in [7, 11) is 0. The Morgan fingerprint density at radius 2 is 1.56 bits per heavy atom. The van der Waals surface area contributed by atoms with Crippen molar-refractivity contribution in [2.75, 3.05) is 11.1 Å². The zero-order valence-corrected chi connectivity index (χ0v) is 21.2. The van der Waals surface area contributed by atoms with E-state index in [0.29, 0.717) is 31.7 Å². The number of nitrogens with zero attached hydrogens (tertiary/aromatic N) is 1. The van der Waals surface area contributed by atoms with E-state index in [2.05, 4.69) is 5.32 Å². The molecule has 36 heavy (non-hydrogen) atoms. The number of rotatable bonds is 5. The van der Waals surface area contributed by atoms with Gasteiger partial charge in [-0.05, 0) is 67.4 Å². The number of aryl methyl sites for hydroxylation is 1. The van der Waals surface area contributed by atoms with Crippen molar-refractivity contribution in [3.8, 4) is 22.4 Å². The molecule has 0 aliphatic rings. The minimum absolute atomic E-state index is 0.0354. The van der Waals surface area contributed by atoms with Crippen LogP contribution in [0.2, 0.25) is 5.02 Å².